The average molecular weight is 461 g/mol. The first-order valence-electron chi connectivity index (χ1n) is 11.2. The molecule has 1 amide bonds. The number of nitrogens with one attached hydrogen (secondary N) is 1. The molecule has 0 atom stereocenters. The topological polar surface area (TPSA) is 108 Å². The fraction of sp³-hybridized carbons (Fsp3) is 0.280. The van der Waals surface area contributed by atoms with Crippen LogP contribution in [0.2, 0.25) is 0 Å². The van der Waals surface area contributed by atoms with Gasteiger partial charge in [-0.25, -0.2) is 19.0 Å². The van der Waals surface area contributed by atoms with Crippen LogP contribution in [0, 0.1) is 5.82 Å². The number of nitrogens with zero attached hydrogens (tertiary/aromatic N) is 4. The second-order valence-corrected chi connectivity index (χ2v) is 8.41. The molecule has 174 valence electrons. The van der Waals surface area contributed by atoms with Crippen LogP contribution in [0.3, 0.4) is 0 Å². The van der Waals surface area contributed by atoms with Gasteiger partial charge >= 0.3 is 0 Å². The van der Waals surface area contributed by atoms with Crippen LogP contribution in [-0.2, 0) is 6.54 Å². The van der Waals surface area contributed by atoms with Crippen molar-refractivity contribution in [2.75, 3.05) is 12.8 Å². The molecule has 4 aromatic rings. The molecule has 1 aliphatic rings. The molecule has 0 bridgehead atoms. The number of halogens is 1. The van der Waals surface area contributed by atoms with Crippen molar-refractivity contribution in [2.45, 2.75) is 38.3 Å². The SMILES string of the molecule is COc1ccc(F)cc1C(=O)NCc1ccc(-c2nn(C3CCCC3)c3ncnc(N)c23)cc1. The Morgan fingerprint density at radius 1 is 1.18 bits per heavy atom. The number of hydrogen-bond acceptors (Lipinski definition) is 6. The summed E-state index contributed by atoms with van der Waals surface area (Å²) in [6.07, 6.45) is 6.01. The summed E-state index contributed by atoms with van der Waals surface area (Å²) in [7, 11) is 1.44. The van der Waals surface area contributed by atoms with Gasteiger partial charge in [-0.2, -0.15) is 5.10 Å². The molecule has 2 aromatic heterocycles. The molecular weight excluding hydrogens is 435 g/mol. The number of aromatic nitrogens is 4. The predicted octanol–water partition coefficient (Wildman–Crippen LogP) is 4.27. The maximum atomic E-state index is 13.6. The summed E-state index contributed by atoms with van der Waals surface area (Å²) in [4.78, 5) is 21.2. The molecule has 1 saturated carbocycles. The van der Waals surface area contributed by atoms with Crippen molar-refractivity contribution in [3.63, 3.8) is 0 Å². The number of rotatable bonds is 6. The molecule has 0 saturated heterocycles. The fourth-order valence-corrected chi connectivity index (χ4v) is 4.52. The van der Waals surface area contributed by atoms with E-state index in [9.17, 15) is 9.18 Å². The largest absolute Gasteiger partial charge is 0.496 e. The normalized spacial score (nSPS) is 13.9. The van der Waals surface area contributed by atoms with Crippen molar-refractivity contribution in [3.8, 4) is 17.0 Å². The molecule has 0 unspecified atom stereocenters. The third-order valence-electron chi connectivity index (χ3n) is 6.28. The quantitative estimate of drug-likeness (QED) is 0.445. The summed E-state index contributed by atoms with van der Waals surface area (Å²) in [5.74, 6) is -0.183. The van der Waals surface area contributed by atoms with E-state index in [1.807, 2.05) is 28.9 Å². The summed E-state index contributed by atoms with van der Waals surface area (Å²) >= 11 is 0. The lowest BCUT2D eigenvalue weighted by molar-refractivity contribution is 0.0947. The second kappa shape index (κ2) is 9.09. The van der Waals surface area contributed by atoms with Crippen molar-refractivity contribution in [1.29, 1.82) is 0 Å². The van der Waals surface area contributed by atoms with Crippen LogP contribution in [0.4, 0.5) is 10.2 Å². The van der Waals surface area contributed by atoms with E-state index in [-0.39, 0.29) is 12.1 Å². The fourth-order valence-electron chi connectivity index (χ4n) is 4.52. The second-order valence-electron chi connectivity index (χ2n) is 8.41. The maximum absolute atomic E-state index is 13.6. The van der Waals surface area contributed by atoms with E-state index in [4.69, 9.17) is 15.6 Å². The highest BCUT2D eigenvalue weighted by atomic mass is 19.1. The molecule has 8 nitrogen and oxygen atoms in total. The Labute approximate surface area is 196 Å². The van der Waals surface area contributed by atoms with Gasteiger partial charge in [0.15, 0.2) is 5.65 Å². The molecule has 5 rings (SSSR count). The van der Waals surface area contributed by atoms with Crippen LogP contribution in [0.1, 0.15) is 47.6 Å². The Balaban J connectivity index is 1.38. The number of benzene rings is 2. The Morgan fingerprint density at radius 3 is 2.68 bits per heavy atom. The van der Waals surface area contributed by atoms with E-state index >= 15 is 0 Å². The number of nitrogens with two attached hydrogens (primary N) is 1. The van der Waals surface area contributed by atoms with E-state index in [2.05, 4.69) is 15.3 Å². The molecule has 0 radical (unpaired) electrons. The van der Waals surface area contributed by atoms with E-state index in [0.29, 0.717) is 17.6 Å². The smallest absolute Gasteiger partial charge is 0.255 e. The van der Waals surface area contributed by atoms with Gasteiger partial charge in [0.25, 0.3) is 5.91 Å². The minimum atomic E-state index is -0.497. The van der Waals surface area contributed by atoms with Crippen LogP contribution in [0.15, 0.2) is 48.8 Å². The lowest BCUT2D eigenvalue weighted by atomic mass is 10.1. The first-order valence-corrected chi connectivity index (χ1v) is 11.2. The highest BCUT2D eigenvalue weighted by Crippen LogP contribution is 2.36. The average Bonchev–Trinajstić information content (AvgIpc) is 3.52. The highest BCUT2D eigenvalue weighted by molar-refractivity contribution is 5.98. The molecule has 2 heterocycles. The Hall–Kier alpha value is -4.01. The highest BCUT2D eigenvalue weighted by Gasteiger charge is 2.24. The summed E-state index contributed by atoms with van der Waals surface area (Å²) < 4.78 is 20.8. The van der Waals surface area contributed by atoms with Gasteiger partial charge in [0.2, 0.25) is 0 Å². The van der Waals surface area contributed by atoms with Gasteiger partial charge in [-0.1, -0.05) is 37.1 Å². The summed E-state index contributed by atoms with van der Waals surface area (Å²) in [5.41, 5.74) is 9.66. The number of methoxy groups -OCH3 is 1. The number of amides is 1. The Morgan fingerprint density at radius 2 is 1.94 bits per heavy atom. The molecule has 1 fully saturated rings. The number of carbonyl (C=O) groups excluding carboxylic acids is 1. The van der Waals surface area contributed by atoms with Crippen LogP contribution < -0.4 is 15.8 Å². The van der Waals surface area contributed by atoms with E-state index in [1.165, 1.54) is 38.4 Å². The Kier molecular flexibility index (Phi) is 5.83. The minimum absolute atomic E-state index is 0.151. The molecule has 9 heteroatoms. The van der Waals surface area contributed by atoms with E-state index < -0.39 is 11.7 Å². The minimum Gasteiger partial charge on any atom is -0.496 e. The molecular formula is C25H25FN6O2. The molecule has 2 aromatic carbocycles. The lowest BCUT2D eigenvalue weighted by Gasteiger charge is -2.10. The number of carbonyl (C=O) groups is 1. The van der Waals surface area contributed by atoms with Gasteiger partial charge in [0, 0.05) is 12.1 Å². The lowest BCUT2D eigenvalue weighted by Crippen LogP contribution is -2.23. The predicted molar refractivity (Wildman–Crippen MR) is 127 cm³/mol. The van der Waals surface area contributed by atoms with Gasteiger partial charge in [0.05, 0.1) is 24.1 Å². The van der Waals surface area contributed by atoms with E-state index in [1.54, 1.807) is 0 Å². The van der Waals surface area contributed by atoms with Crippen molar-refractivity contribution >= 4 is 22.8 Å². The van der Waals surface area contributed by atoms with Crippen molar-refractivity contribution in [3.05, 3.63) is 65.7 Å². The third kappa shape index (κ3) is 4.05. The number of nitrogen functional groups attached to an aromatic ring is 1. The summed E-state index contributed by atoms with van der Waals surface area (Å²) in [6, 6.07) is 11.9. The number of anilines is 1. The van der Waals surface area contributed by atoms with Crippen molar-refractivity contribution in [2.24, 2.45) is 0 Å². The van der Waals surface area contributed by atoms with Gasteiger partial charge in [-0.3, -0.25) is 4.79 Å². The first-order chi connectivity index (χ1) is 16.5. The molecule has 0 spiro atoms. The van der Waals surface area contributed by atoms with Crippen LogP contribution in [0.5, 0.6) is 5.75 Å². The molecule has 3 N–H and O–H groups in total. The van der Waals surface area contributed by atoms with Crippen molar-refractivity contribution in [1.82, 2.24) is 25.1 Å². The molecule has 1 aliphatic carbocycles. The molecule has 0 aliphatic heterocycles. The summed E-state index contributed by atoms with van der Waals surface area (Å²) in [6.45, 7) is 0.279. The maximum Gasteiger partial charge on any atom is 0.255 e. The zero-order chi connectivity index (χ0) is 23.7. The standard InChI is InChI=1S/C25H25FN6O2/c1-34-20-11-10-17(26)12-19(20)25(33)28-13-15-6-8-16(9-7-15)22-21-23(27)29-14-30-24(21)32(31-22)18-4-2-3-5-18/h6-12,14,18H,2-5,13H2,1H3,(H,28,33)(H2,27,29,30). The van der Waals surface area contributed by atoms with Gasteiger partial charge in [-0.05, 0) is 36.6 Å². The third-order valence-corrected chi connectivity index (χ3v) is 6.28. The molecule has 34 heavy (non-hydrogen) atoms. The zero-order valence-electron chi connectivity index (χ0n) is 18.8. The Bertz CT molecular complexity index is 1350. The number of ether oxygens (including phenoxy) is 1. The first kappa shape index (κ1) is 21.8. The zero-order valence-corrected chi connectivity index (χ0v) is 18.8. The monoisotopic (exact) mass is 460 g/mol. The summed E-state index contributed by atoms with van der Waals surface area (Å²) in [5, 5.41) is 8.46. The van der Waals surface area contributed by atoms with Crippen molar-refractivity contribution < 1.29 is 13.9 Å². The number of hydrogen-bond donors (Lipinski definition) is 2. The number of fused-ring (bicyclic) bond motifs is 1. The van der Waals surface area contributed by atoms with Gasteiger partial charge in [0.1, 0.15) is 29.4 Å². The van der Waals surface area contributed by atoms with Crippen LogP contribution in [0.25, 0.3) is 22.3 Å². The van der Waals surface area contributed by atoms with Gasteiger partial charge in [-0.15, -0.1) is 0 Å². The van der Waals surface area contributed by atoms with E-state index in [0.717, 1.165) is 46.8 Å². The van der Waals surface area contributed by atoms with Gasteiger partial charge < -0.3 is 15.8 Å². The van der Waals surface area contributed by atoms with Crippen LogP contribution in [-0.4, -0.2) is 32.8 Å². The van der Waals surface area contributed by atoms with Crippen LogP contribution >= 0.6 is 0 Å².